The molecule has 1 aromatic rings. The second kappa shape index (κ2) is 8.78. The highest BCUT2D eigenvalue weighted by Crippen LogP contribution is 2.38. The average molecular weight is 336 g/mol. The van der Waals surface area contributed by atoms with Crippen molar-refractivity contribution < 1.29 is 19.0 Å². The molecule has 1 amide bonds. The van der Waals surface area contributed by atoms with Gasteiger partial charge in [0.1, 0.15) is 0 Å². The van der Waals surface area contributed by atoms with Crippen LogP contribution in [-0.2, 0) is 11.3 Å². The van der Waals surface area contributed by atoms with Crippen molar-refractivity contribution in [3.63, 3.8) is 0 Å². The molecule has 2 rings (SSSR count). The van der Waals surface area contributed by atoms with E-state index in [1.807, 2.05) is 12.1 Å². The lowest BCUT2D eigenvalue weighted by atomic mass is 10.0. The van der Waals surface area contributed by atoms with Crippen molar-refractivity contribution in [2.24, 2.45) is 5.92 Å². The molecule has 0 aliphatic carbocycles. The fourth-order valence-electron chi connectivity index (χ4n) is 3.13. The first-order chi connectivity index (χ1) is 11.6. The molecule has 1 heterocycles. The van der Waals surface area contributed by atoms with E-state index in [1.54, 1.807) is 21.3 Å². The zero-order valence-corrected chi connectivity index (χ0v) is 15.1. The normalized spacial score (nSPS) is 18.1. The third kappa shape index (κ3) is 4.77. The zero-order chi connectivity index (χ0) is 17.5. The van der Waals surface area contributed by atoms with E-state index in [1.165, 1.54) is 12.8 Å². The van der Waals surface area contributed by atoms with Crippen LogP contribution in [0, 0.1) is 5.92 Å². The van der Waals surface area contributed by atoms with Crippen molar-refractivity contribution in [3.05, 3.63) is 17.7 Å². The van der Waals surface area contributed by atoms with Crippen LogP contribution in [-0.4, -0.2) is 51.8 Å². The molecule has 134 valence electrons. The predicted octanol–water partition coefficient (Wildman–Crippen LogP) is 2.06. The maximum absolute atomic E-state index is 12.2. The lowest BCUT2D eigenvalue weighted by Crippen LogP contribution is -2.41. The second-order valence-electron chi connectivity index (χ2n) is 6.29. The monoisotopic (exact) mass is 336 g/mol. The Hall–Kier alpha value is -1.95. The zero-order valence-electron chi connectivity index (χ0n) is 15.1. The van der Waals surface area contributed by atoms with Crippen LogP contribution in [0.15, 0.2) is 12.1 Å². The number of carbonyl (C=O) groups is 1. The Morgan fingerprint density at radius 2 is 1.88 bits per heavy atom. The topological polar surface area (TPSA) is 60.0 Å². The molecule has 0 aromatic heterocycles. The molecule has 1 atom stereocenters. The highest BCUT2D eigenvalue weighted by Gasteiger charge is 2.19. The molecule has 24 heavy (non-hydrogen) atoms. The van der Waals surface area contributed by atoms with E-state index in [0.717, 1.165) is 18.7 Å². The van der Waals surface area contributed by atoms with Gasteiger partial charge in [-0.05, 0) is 43.0 Å². The van der Waals surface area contributed by atoms with Crippen LogP contribution in [0.1, 0.15) is 25.3 Å². The minimum absolute atomic E-state index is 0.0397. The maximum Gasteiger partial charge on any atom is 0.234 e. The molecule has 0 bridgehead atoms. The molecular formula is C18H28N2O4. The van der Waals surface area contributed by atoms with E-state index in [9.17, 15) is 4.79 Å². The Morgan fingerprint density at radius 3 is 2.42 bits per heavy atom. The summed E-state index contributed by atoms with van der Waals surface area (Å²) in [5.41, 5.74) is 0.907. The van der Waals surface area contributed by atoms with Crippen LogP contribution in [0.2, 0.25) is 0 Å². The van der Waals surface area contributed by atoms with Gasteiger partial charge in [0.15, 0.2) is 11.5 Å². The van der Waals surface area contributed by atoms with E-state index in [4.69, 9.17) is 14.2 Å². The summed E-state index contributed by atoms with van der Waals surface area (Å²) in [6.07, 6.45) is 2.42. The minimum Gasteiger partial charge on any atom is -0.493 e. The molecule has 1 aliphatic heterocycles. The first kappa shape index (κ1) is 18.4. The molecule has 0 radical (unpaired) electrons. The number of nitrogens with one attached hydrogen (secondary N) is 1. The third-order valence-corrected chi connectivity index (χ3v) is 4.32. The minimum atomic E-state index is 0.0397. The number of hydrogen-bond donors (Lipinski definition) is 1. The number of benzene rings is 1. The van der Waals surface area contributed by atoms with Crippen molar-refractivity contribution in [3.8, 4) is 17.2 Å². The Balaban J connectivity index is 1.94. The fourth-order valence-corrected chi connectivity index (χ4v) is 3.13. The fraction of sp³-hybridized carbons (Fsp3) is 0.611. The summed E-state index contributed by atoms with van der Waals surface area (Å²) in [6.45, 7) is 5.12. The Kier molecular flexibility index (Phi) is 6.73. The van der Waals surface area contributed by atoms with Gasteiger partial charge in [-0.2, -0.15) is 0 Å². The lowest BCUT2D eigenvalue weighted by Gasteiger charge is -2.30. The number of methoxy groups -OCH3 is 3. The Bertz CT molecular complexity index is 537. The quantitative estimate of drug-likeness (QED) is 0.826. The van der Waals surface area contributed by atoms with Crippen molar-refractivity contribution >= 4 is 5.91 Å². The molecule has 0 saturated carbocycles. The van der Waals surface area contributed by atoms with Crippen LogP contribution in [0.4, 0.5) is 0 Å². The summed E-state index contributed by atoms with van der Waals surface area (Å²) in [7, 11) is 4.73. The van der Waals surface area contributed by atoms with Crippen LogP contribution in [0.3, 0.4) is 0 Å². The Labute approximate surface area is 144 Å². The van der Waals surface area contributed by atoms with Gasteiger partial charge < -0.3 is 19.5 Å². The third-order valence-electron chi connectivity index (χ3n) is 4.32. The molecule has 1 fully saturated rings. The highest BCUT2D eigenvalue weighted by atomic mass is 16.5. The van der Waals surface area contributed by atoms with Gasteiger partial charge in [0.25, 0.3) is 0 Å². The van der Waals surface area contributed by atoms with Crippen LogP contribution in [0.5, 0.6) is 17.2 Å². The van der Waals surface area contributed by atoms with Crippen LogP contribution in [0.25, 0.3) is 0 Å². The van der Waals surface area contributed by atoms with E-state index in [0.29, 0.717) is 36.3 Å². The summed E-state index contributed by atoms with van der Waals surface area (Å²) < 4.78 is 16.0. The largest absolute Gasteiger partial charge is 0.493 e. The van der Waals surface area contributed by atoms with Gasteiger partial charge in [-0.25, -0.2) is 0 Å². The van der Waals surface area contributed by atoms with Crippen molar-refractivity contribution in [1.82, 2.24) is 10.2 Å². The molecule has 1 aromatic carbocycles. The van der Waals surface area contributed by atoms with E-state index < -0.39 is 0 Å². The number of carbonyl (C=O) groups excluding carboxylic acids is 1. The number of hydrogen-bond acceptors (Lipinski definition) is 5. The Morgan fingerprint density at radius 1 is 1.21 bits per heavy atom. The van der Waals surface area contributed by atoms with Crippen LogP contribution < -0.4 is 19.5 Å². The summed E-state index contributed by atoms with van der Waals surface area (Å²) in [5, 5.41) is 2.97. The van der Waals surface area contributed by atoms with E-state index in [-0.39, 0.29) is 5.91 Å². The van der Waals surface area contributed by atoms with Crippen molar-refractivity contribution in [2.45, 2.75) is 26.3 Å². The van der Waals surface area contributed by atoms with Gasteiger partial charge in [0.05, 0.1) is 27.9 Å². The molecule has 0 unspecified atom stereocenters. The number of rotatable bonds is 7. The van der Waals surface area contributed by atoms with Gasteiger partial charge >= 0.3 is 0 Å². The molecule has 0 spiro atoms. The first-order valence-electron chi connectivity index (χ1n) is 8.35. The number of amides is 1. The molecule has 1 aliphatic rings. The average Bonchev–Trinajstić information content (AvgIpc) is 2.58. The summed E-state index contributed by atoms with van der Waals surface area (Å²) >= 11 is 0. The molecule has 1 N–H and O–H groups in total. The SMILES string of the molecule is COc1cc(CNC(=O)CN2CCC[C@@H](C)C2)cc(OC)c1OC. The van der Waals surface area contributed by atoms with Crippen LogP contribution >= 0.6 is 0 Å². The second-order valence-corrected chi connectivity index (χ2v) is 6.29. The number of likely N-dealkylation sites (tertiary alicyclic amines) is 1. The highest BCUT2D eigenvalue weighted by molar-refractivity contribution is 5.78. The summed E-state index contributed by atoms with van der Waals surface area (Å²) in [5.74, 6) is 2.44. The van der Waals surface area contributed by atoms with Gasteiger partial charge in [-0.15, -0.1) is 0 Å². The molecular weight excluding hydrogens is 308 g/mol. The van der Waals surface area contributed by atoms with Gasteiger partial charge in [-0.1, -0.05) is 6.92 Å². The molecule has 6 nitrogen and oxygen atoms in total. The van der Waals surface area contributed by atoms with Gasteiger partial charge in [0, 0.05) is 13.1 Å². The van der Waals surface area contributed by atoms with Gasteiger partial charge in [0.2, 0.25) is 11.7 Å². The van der Waals surface area contributed by atoms with Crippen molar-refractivity contribution in [2.75, 3.05) is 41.0 Å². The number of ether oxygens (including phenoxy) is 3. The van der Waals surface area contributed by atoms with E-state index in [2.05, 4.69) is 17.1 Å². The lowest BCUT2D eigenvalue weighted by molar-refractivity contribution is -0.122. The van der Waals surface area contributed by atoms with Gasteiger partial charge in [-0.3, -0.25) is 9.69 Å². The maximum atomic E-state index is 12.2. The number of piperidine rings is 1. The predicted molar refractivity (Wildman–Crippen MR) is 92.8 cm³/mol. The van der Waals surface area contributed by atoms with Crippen molar-refractivity contribution in [1.29, 1.82) is 0 Å². The van der Waals surface area contributed by atoms with E-state index >= 15 is 0 Å². The smallest absolute Gasteiger partial charge is 0.234 e. The summed E-state index contributed by atoms with van der Waals surface area (Å²) in [6, 6.07) is 3.70. The molecule has 1 saturated heterocycles. The number of nitrogens with zero attached hydrogens (tertiary/aromatic N) is 1. The standard InChI is InChI=1S/C18H28N2O4/c1-13-6-5-7-20(11-13)12-17(21)19-10-14-8-15(22-2)18(24-4)16(9-14)23-3/h8-9,13H,5-7,10-12H2,1-4H3,(H,19,21)/t13-/m1/s1. The summed E-state index contributed by atoms with van der Waals surface area (Å²) in [4.78, 5) is 14.4. The molecule has 6 heteroatoms. The first-order valence-corrected chi connectivity index (χ1v) is 8.35.